The van der Waals surface area contributed by atoms with Crippen LogP contribution < -0.4 is 4.74 Å². The van der Waals surface area contributed by atoms with Crippen molar-refractivity contribution in [2.24, 2.45) is 4.40 Å². The van der Waals surface area contributed by atoms with Crippen LogP contribution in [-0.4, -0.2) is 23.0 Å². The van der Waals surface area contributed by atoms with E-state index < -0.39 is 11.8 Å². The summed E-state index contributed by atoms with van der Waals surface area (Å²) in [5.41, 5.74) is 1.04. The van der Waals surface area contributed by atoms with Crippen LogP contribution in [-0.2, 0) is 16.1 Å². The number of rotatable bonds is 7. The maximum atomic E-state index is 14.7. The highest BCUT2D eigenvalue weighted by atomic mass is 32.2. The summed E-state index contributed by atoms with van der Waals surface area (Å²) in [5.74, 6) is -0.847. The van der Waals surface area contributed by atoms with Crippen LogP contribution in [0.3, 0.4) is 0 Å². The van der Waals surface area contributed by atoms with E-state index in [0.717, 1.165) is 5.56 Å². The van der Waals surface area contributed by atoms with Crippen molar-refractivity contribution in [3.05, 3.63) is 65.5 Å². The summed E-state index contributed by atoms with van der Waals surface area (Å²) in [5, 5.41) is 0. The molecule has 2 rings (SSSR count). The van der Waals surface area contributed by atoms with Gasteiger partial charge >= 0.3 is 5.97 Å². The second kappa shape index (κ2) is 9.55. The van der Waals surface area contributed by atoms with Crippen molar-refractivity contribution < 1.29 is 18.7 Å². The van der Waals surface area contributed by atoms with Crippen LogP contribution in [0.1, 0.15) is 38.8 Å². The fourth-order valence-electron chi connectivity index (χ4n) is 2.10. The van der Waals surface area contributed by atoms with Crippen LogP contribution in [0.2, 0.25) is 0 Å². The Morgan fingerprint density at radius 3 is 2.44 bits per heavy atom. The molecule has 0 heterocycles. The van der Waals surface area contributed by atoms with Gasteiger partial charge in [-0.05, 0) is 57.3 Å². The highest BCUT2D eigenvalue weighted by molar-refractivity contribution is 7.99. The van der Waals surface area contributed by atoms with Gasteiger partial charge in [-0.3, -0.25) is 0 Å². The summed E-state index contributed by atoms with van der Waals surface area (Å²) in [6.45, 7) is 8.10. The van der Waals surface area contributed by atoms with E-state index >= 15 is 0 Å². The molecule has 0 spiro atoms. The summed E-state index contributed by atoms with van der Waals surface area (Å²) in [6.07, 6.45) is 0. The molecule has 4 nitrogen and oxygen atoms in total. The first-order valence-corrected chi connectivity index (χ1v) is 9.47. The number of ether oxygens (including phenoxy) is 2. The van der Waals surface area contributed by atoms with Gasteiger partial charge in [0, 0.05) is 16.4 Å². The maximum Gasteiger partial charge on any atom is 0.358 e. The van der Waals surface area contributed by atoms with Crippen molar-refractivity contribution in [3.63, 3.8) is 0 Å². The molecule has 0 amide bonds. The molecule has 0 saturated heterocycles. The molecule has 0 saturated carbocycles. The number of nitrogens with zero attached hydrogens (tertiary/aromatic N) is 1. The summed E-state index contributed by atoms with van der Waals surface area (Å²) in [4.78, 5) is 12.2. The van der Waals surface area contributed by atoms with E-state index in [2.05, 4.69) is 4.40 Å². The van der Waals surface area contributed by atoms with Gasteiger partial charge in [0.2, 0.25) is 0 Å². The third kappa shape index (κ3) is 6.71. The summed E-state index contributed by atoms with van der Waals surface area (Å²) < 4.78 is 29.4. The molecule has 144 valence electrons. The van der Waals surface area contributed by atoms with E-state index in [1.54, 1.807) is 13.0 Å². The van der Waals surface area contributed by atoms with Gasteiger partial charge in [-0.25, -0.2) is 13.6 Å². The van der Waals surface area contributed by atoms with Crippen LogP contribution in [0.15, 0.2) is 52.9 Å². The molecule has 2 aromatic carbocycles. The molecule has 0 unspecified atom stereocenters. The topological polar surface area (TPSA) is 47.9 Å². The van der Waals surface area contributed by atoms with E-state index in [1.807, 2.05) is 51.1 Å². The summed E-state index contributed by atoms with van der Waals surface area (Å²) >= 11 is 1.20. The van der Waals surface area contributed by atoms with Crippen molar-refractivity contribution in [2.75, 3.05) is 6.61 Å². The molecule has 0 aliphatic carbocycles. The van der Waals surface area contributed by atoms with Crippen molar-refractivity contribution in [2.45, 2.75) is 39.0 Å². The Hall–Kier alpha value is -2.34. The van der Waals surface area contributed by atoms with E-state index in [-0.39, 0.29) is 22.6 Å². The zero-order valence-corrected chi connectivity index (χ0v) is 16.8. The molecular weight excluding hydrogens is 365 g/mol. The lowest BCUT2D eigenvalue weighted by molar-refractivity contribution is -0.134. The Morgan fingerprint density at radius 1 is 1.15 bits per heavy atom. The standard InChI is InChI=1S/C21H24FNO3S/c1-5-25-20(24)19(23-27-21(2,3)4)17-12-11-16(13-18(17)22)26-14-15-9-7-6-8-10-15/h6-13H,5,14H2,1-4H3/b23-19-. The lowest BCUT2D eigenvalue weighted by Crippen LogP contribution is -2.20. The quantitative estimate of drug-likeness (QED) is 0.371. The van der Waals surface area contributed by atoms with Crippen LogP contribution in [0.5, 0.6) is 5.75 Å². The van der Waals surface area contributed by atoms with E-state index in [0.29, 0.717) is 12.4 Å². The smallest absolute Gasteiger partial charge is 0.358 e. The van der Waals surface area contributed by atoms with Gasteiger partial charge in [0.05, 0.1) is 6.61 Å². The van der Waals surface area contributed by atoms with Crippen molar-refractivity contribution in [1.29, 1.82) is 0 Å². The second-order valence-electron chi connectivity index (χ2n) is 6.78. The molecule has 0 radical (unpaired) electrons. The molecule has 0 fully saturated rings. The number of hydrogen-bond acceptors (Lipinski definition) is 5. The third-order valence-corrected chi connectivity index (χ3v) is 4.15. The first kappa shape index (κ1) is 21.0. The van der Waals surface area contributed by atoms with Crippen LogP contribution in [0.25, 0.3) is 0 Å². The molecule has 0 aliphatic rings. The van der Waals surface area contributed by atoms with Crippen LogP contribution in [0.4, 0.5) is 4.39 Å². The van der Waals surface area contributed by atoms with E-state index in [9.17, 15) is 9.18 Å². The zero-order chi connectivity index (χ0) is 19.9. The number of esters is 1. The summed E-state index contributed by atoms with van der Waals surface area (Å²) in [7, 11) is 0. The first-order chi connectivity index (χ1) is 12.8. The van der Waals surface area contributed by atoms with Gasteiger partial charge in [0.25, 0.3) is 0 Å². The number of carbonyl (C=O) groups excluding carboxylic acids is 1. The average molecular weight is 389 g/mol. The average Bonchev–Trinajstić information content (AvgIpc) is 2.62. The molecular formula is C21H24FNO3S. The number of hydrogen-bond donors (Lipinski definition) is 0. The normalized spacial score (nSPS) is 12.0. The van der Waals surface area contributed by atoms with Gasteiger partial charge in [-0.2, -0.15) is 0 Å². The largest absolute Gasteiger partial charge is 0.489 e. The monoisotopic (exact) mass is 389 g/mol. The first-order valence-electron chi connectivity index (χ1n) is 8.70. The van der Waals surface area contributed by atoms with E-state index in [1.165, 1.54) is 24.1 Å². The van der Waals surface area contributed by atoms with Gasteiger partial charge in [0.15, 0.2) is 5.71 Å². The van der Waals surface area contributed by atoms with E-state index in [4.69, 9.17) is 9.47 Å². The maximum absolute atomic E-state index is 14.7. The highest BCUT2D eigenvalue weighted by Crippen LogP contribution is 2.27. The Balaban J connectivity index is 2.22. The SMILES string of the molecule is CCOC(=O)/C(=N\SC(C)(C)C)c1ccc(OCc2ccccc2)cc1F. The lowest BCUT2D eigenvalue weighted by Gasteiger charge is -2.15. The Morgan fingerprint density at radius 2 is 1.85 bits per heavy atom. The molecule has 6 heteroatoms. The van der Waals surface area contributed by atoms with Crippen molar-refractivity contribution in [3.8, 4) is 5.75 Å². The van der Waals surface area contributed by atoms with Crippen molar-refractivity contribution >= 4 is 23.6 Å². The minimum absolute atomic E-state index is 0.0381. The number of benzene rings is 2. The zero-order valence-electron chi connectivity index (χ0n) is 16.0. The molecule has 0 atom stereocenters. The molecule has 27 heavy (non-hydrogen) atoms. The van der Waals surface area contributed by atoms with Crippen LogP contribution in [0, 0.1) is 5.82 Å². The molecule has 2 aromatic rings. The van der Waals surface area contributed by atoms with Crippen molar-refractivity contribution in [1.82, 2.24) is 0 Å². The molecule has 0 N–H and O–H groups in total. The van der Waals surface area contributed by atoms with Gasteiger partial charge < -0.3 is 9.47 Å². The highest BCUT2D eigenvalue weighted by Gasteiger charge is 2.22. The minimum atomic E-state index is -0.647. The Kier molecular flexibility index (Phi) is 7.42. The molecule has 0 aromatic heterocycles. The number of halogens is 1. The Labute approximate surface area is 163 Å². The fraction of sp³-hybridized carbons (Fsp3) is 0.333. The second-order valence-corrected chi connectivity index (χ2v) is 8.37. The third-order valence-electron chi connectivity index (χ3n) is 3.32. The van der Waals surface area contributed by atoms with Gasteiger partial charge in [-0.15, -0.1) is 0 Å². The fourth-order valence-corrected chi connectivity index (χ4v) is 2.64. The van der Waals surface area contributed by atoms with Crippen LogP contribution >= 0.6 is 11.9 Å². The van der Waals surface area contributed by atoms with Gasteiger partial charge in [-0.1, -0.05) is 30.3 Å². The number of carbonyl (C=O) groups is 1. The molecule has 0 bridgehead atoms. The molecule has 0 aliphatic heterocycles. The van der Waals surface area contributed by atoms with Gasteiger partial charge in [0.1, 0.15) is 18.2 Å². The predicted molar refractivity (Wildman–Crippen MR) is 108 cm³/mol. The Bertz CT molecular complexity index is 801. The summed E-state index contributed by atoms with van der Waals surface area (Å²) in [6, 6.07) is 14.0. The minimum Gasteiger partial charge on any atom is -0.489 e. The lowest BCUT2D eigenvalue weighted by atomic mass is 10.1. The predicted octanol–water partition coefficient (Wildman–Crippen LogP) is 5.20.